The lowest BCUT2D eigenvalue weighted by Gasteiger charge is -2.42. The maximum atomic E-state index is 13.2. The number of methoxy groups -OCH3 is 2. The smallest absolute Gasteiger partial charge is 0.280 e. The molecule has 1 unspecified atom stereocenters. The quantitative estimate of drug-likeness (QED) is 0.0195. The molecule has 5 atom stereocenters. The predicted molar refractivity (Wildman–Crippen MR) is 267 cm³/mol. The summed E-state index contributed by atoms with van der Waals surface area (Å²) >= 11 is 0. The Balaban J connectivity index is 1.55. The lowest BCUT2D eigenvalue weighted by Crippen LogP contribution is -2.49. The van der Waals surface area contributed by atoms with Crippen LogP contribution in [-0.4, -0.2) is 97.1 Å². The zero-order valence-electron chi connectivity index (χ0n) is 41.5. The van der Waals surface area contributed by atoms with Crippen molar-refractivity contribution in [2.45, 2.75) is 135 Å². The van der Waals surface area contributed by atoms with Gasteiger partial charge in [0.15, 0.2) is 17.4 Å². The van der Waals surface area contributed by atoms with Gasteiger partial charge in [-0.3, -0.25) is 14.3 Å². The second-order valence-electron chi connectivity index (χ2n) is 18.5. The Hall–Kier alpha value is -4.73. The number of nitriles is 1. The van der Waals surface area contributed by atoms with E-state index in [4.69, 9.17) is 42.9 Å². The van der Waals surface area contributed by atoms with Gasteiger partial charge in [-0.25, -0.2) is 9.65 Å². The Kier molecular flexibility index (Phi) is 18.0. The van der Waals surface area contributed by atoms with Gasteiger partial charge < -0.3 is 42.9 Å². The van der Waals surface area contributed by atoms with Crippen molar-refractivity contribution < 1.29 is 37.2 Å². The molecule has 1 fully saturated rings. The van der Waals surface area contributed by atoms with E-state index in [9.17, 15) is 10.1 Å². The summed E-state index contributed by atoms with van der Waals surface area (Å²) in [5.74, 6) is 1.29. The zero-order chi connectivity index (χ0) is 49.3. The Morgan fingerprint density at radius 1 is 0.853 bits per heavy atom. The van der Waals surface area contributed by atoms with E-state index in [0.717, 1.165) is 16.7 Å². The number of hydrogen-bond acceptors (Lipinski definition) is 14. The summed E-state index contributed by atoms with van der Waals surface area (Å²) in [6, 6.07) is 27.8. The molecule has 1 aliphatic rings. The average Bonchev–Trinajstić information content (AvgIpc) is 3.88. The van der Waals surface area contributed by atoms with E-state index in [2.05, 4.69) is 94.9 Å². The van der Waals surface area contributed by atoms with Crippen molar-refractivity contribution >= 4 is 34.0 Å². The van der Waals surface area contributed by atoms with Crippen LogP contribution < -0.4 is 20.8 Å². The highest BCUT2D eigenvalue weighted by atomic mass is 31.2. The van der Waals surface area contributed by atoms with Gasteiger partial charge in [0.1, 0.15) is 42.2 Å². The normalized spacial score (nSPS) is 18.4. The number of fused-ring (bicyclic) bond motifs is 1. The van der Waals surface area contributed by atoms with Crippen LogP contribution in [0.15, 0.2) is 90.0 Å². The largest absolute Gasteiger partial charge is 0.497 e. The first kappa shape index (κ1) is 52.6. The van der Waals surface area contributed by atoms with Gasteiger partial charge in [0, 0.05) is 12.1 Å². The molecule has 0 saturated carbocycles. The minimum Gasteiger partial charge on any atom is -0.497 e. The summed E-state index contributed by atoms with van der Waals surface area (Å²) in [4.78, 5) is 24.8. The lowest BCUT2D eigenvalue weighted by atomic mass is 9.80. The number of nitrogens with two attached hydrogens (primary N) is 1. The molecule has 2 aromatic heterocycles. The maximum absolute atomic E-state index is 13.2. The molecular formula is C50H70N7O9PSi. The van der Waals surface area contributed by atoms with Gasteiger partial charge in [-0.2, -0.15) is 10.2 Å². The van der Waals surface area contributed by atoms with Crippen molar-refractivity contribution in [1.29, 1.82) is 5.26 Å². The summed E-state index contributed by atoms with van der Waals surface area (Å²) in [7, 11) is -1.05. The molecule has 3 heterocycles. The number of nitrogens with one attached hydrogen (secondary N) is 1. The fourth-order valence-corrected chi connectivity index (χ4v) is 16.9. The van der Waals surface area contributed by atoms with Gasteiger partial charge in [-0.15, -0.1) is 0 Å². The topological polar surface area (TPSA) is 190 Å². The van der Waals surface area contributed by atoms with Crippen LogP contribution in [0.2, 0.25) is 16.6 Å². The van der Waals surface area contributed by atoms with E-state index < -0.39 is 52.5 Å². The third kappa shape index (κ3) is 11.0. The van der Waals surface area contributed by atoms with Gasteiger partial charge in [0.25, 0.3) is 14.1 Å². The van der Waals surface area contributed by atoms with E-state index in [1.54, 1.807) is 18.8 Å². The molecular weight excluding hydrogens is 902 g/mol. The molecule has 0 aliphatic carbocycles. The molecule has 68 heavy (non-hydrogen) atoms. The molecule has 0 radical (unpaired) electrons. The number of aromatic amines is 1. The van der Waals surface area contributed by atoms with E-state index in [0.29, 0.717) is 11.5 Å². The standard InChI is InChI=1S/C50H70N7O9PSi/c1-32(2)57(33(3)4)67(63-28-16-27-51)66-44-42(29-62-50(37-17-14-13-15-18-37,38-19-23-40(59-11)24-20-38)39-21-25-41(60-12)26-22-39)65-48(56-30-53-43-46(56)54-49(52)55-47(43)58)45(44)61-31-64-68(34(5)6,35(7)8)36(9)10/h13-15,17-26,30,32-36,42,44-45,48H,16,28-29,31H2,1-12H3,(H3,52,54,55,58)/t42-,44-,45-,48-,67?/m1/s1. The molecule has 0 bridgehead atoms. The third-order valence-corrected chi connectivity index (χ3v) is 21.0. The highest BCUT2D eigenvalue weighted by Gasteiger charge is 2.53. The maximum Gasteiger partial charge on any atom is 0.280 e. The average molecular weight is 972 g/mol. The van der Waals surface area contributed by atoms with Crippen LogP contribution in [0.4, 0.5) is 5.95 Å². The van der Waals surface area contributed by atoms with Crippen molar-refractivity contribution in [2.24, 2.45) is 0 Å². The zero-order valence-corrected chi connectivity index (χ0v) is 43.4. The Labute approximate surface area is 403 Å². The van der Waals surface area contributed by atoms with E-state index in [-0.39, 0.29) is 72.2 Å². The number of ether oxygens (including phenoxy) is 5. The summed E-state index contributed by atoms with van der Waals surface area (Å²) in [5.41, 5.74) is 8.08. The van der Waals surface area contributed by atoms with E-state index in [1.807, 2.05) is 78.9 Å². The third-order valence-electron chi connectivity index (χ3n) is 12.8. The summed E-state index contributed by atoms with van der Waals surface area (Å²) in [5, 5.41) is 9.63. The van der Waals surface area contributed by atoms with Gasteiger partial charge in [-0.05, 0) is 85.3 Å². The number of imidazole rings is 1. The SMILES string of the molecule is COc1ccc(C(OC[C@H]2O[C@@H](n3cnc4c(=O)[nH]c(N)nc43)[C@H](OCO[Si](C(C)C)(C(C)C)C(C)C)[C@@H]2OP(OCCC#N)N(C(C)C)C(C)C)(c2ccccc2)c2ccc(OC)cc2)cc1. The van der Waals surface area contributed by atoms with Gasteiger partial charge >= 0.3 is 0 Å². The van der Waals surface area contributed by atoms with Gasteiger partial charge in [0.2, 0.25) is 14.3 Å². The summed E-state index contributed by atoms with van der Waals surface area (Å²) < 4.78 is 57.7. The monoisotopic (exact) mass is 971 g/mol. The van der Waals surface area contributed by atoms with Crippen LogP contribution in [0, 0.1) is 11.3 Å². The first-order chi connectivity index (χ1) is 32.5. The number of aromatic nitrogens is 4. The van der Waals surface area contributed by atoms with E-state index in [1.165, 1.54) is 6.33 Å². The number of benzene rings is 3. The van der Waals surface area contributed by atoms with Crippen LogP contribution in [0.5, 0.6) is 11.5 Å². The minimum atomic E-state index is -2.46. The summed E-state index contributed by atoms with van der Waals surface area (Å²) in [6.07, 6.45) is -2.00. The van der Waals surface area contributed by atoms with Crippen molar-refractivity contribution in [2.75, 3.05) is 40.0 Å². The molecule has 16 nitrogen and oxygen atoms in total. The Bertz CT molecular complexity index is 2390. The van der Waals surface area contributed by atoms with Crippen molar-refractivity contribution in [3.63, 3.8) is 0 Å². The second kappa shape index (κ2) is 23.2. The van der Waals surface area contributed by atoms with Crippen LogP contribution in [0.25, 0.3) is 11.2 Å². The van der Waals surface area contributed by atoms with Crippen molar-refractivity contribution in [3.05, 3.63) is 112 Å². The minimum absolute atomic E-state index is 0.0131. The molecule has 1 aliphatic heterocycles. The van der Waals surface area contributed by atoms with Gasteiger partial charge in [-0.1, -0.05) is 96.1 Å². The number of rotatable bonds is 24. The van der Waals surface area contributed by atoms with Crippen molar-refractivity contribution in [3.8, 4) is 17.6 Å². The summed E-state index contributed by atoms with van der Waals surface area (Å²) in [6.45, 7) is 21.7. The predicted octanol–water partition coefficient (Wildman–Crippen LogP) is 9.82. The number of anilines is 1. The fraction of sp³-hybridized carbons (Fsp3) is 0.520. The molecule has 6 rings (SSSR count). The molecule has 3 N–H and O–H groups in total. The van der Waals surface area contributed by atoms with Gasteiger partial charge in [0.05, 0.1) is 46.3 Å². The number of nitrogen functional groups attached to an aromatic ring is 1. The van der Waals surface area contributed by atoms with E-state index >= 15 is 0 Å². The highest BCUT2D eigenvalue weighted by Crippen LogP contribution is 2.52. The molecule has 368 valence electrons. The first-order valence-electron chi connectivity index (χ1n) is 23.4. The molecule has 5 aromatic rings. The van der Waals surface area contributed by atoms with Crippen LogP contribution in [0.3, 0.4) is 0 Å². The number of nitrogens with zero attached hydrogens (tertiary/aromatic N) is 5. The fourth-order valence-electron chi connectivity index (χ4n) is 9.89. The van der Waals surface area contributed by atoms with Crippen LogP contribution in [0.1, 0.15) is 98.6 Å². The lowest BCUT2D eigenvalue weighted by molar-refractivity contribution is -0.113. The Morgan fingerprint density at radius 3 is 1.93 bits per heavy atom. The number of hydrogen-bond donors (Lipinski definition) is 2. The first-order valence-corrected chi connectivity index (χ1v) is 26.7. The van der Waals surface area contributed by atoms with Crippen molar-refractivity contribution in [1.82, 2.24) is 24.2 Å². The molecule has 18 heteroatoms. The van der Waals surface area contributed by atoms with Crippen LogP contribution >= 0.6 is 8.53 Å². The number of H-pyrrole nitrogens is 1. The molecule has 1 saturated heterocycles. The Morgan fingerprint density at radius 2 is 1.41 bits per heavy atom. The van der Waals surface area contributed by atoms with Crippen LogP contribution in [-0.2, 0) is 33.3 Å². The highest BCUT2D eigenvalue weighted by molar-refractivity contribution is 7.44. The molecule has 3 aromatic carbocycles. The second-order valence-corrected chi connectivity index (χ2v) is 25.3. The molecule has 0 spiro atoms. The molecule has 0 amide bonds.